The number of aliphatic imine (C=N–C) groups is 1. The second-order valence-electron chi connectivity index (χ2n) is 4.81. The minimum atomic E-state index is -0.247. The fourth-order valence-electron chi connectivity index (χ4n) is 2.21. The summed E-state index contributed by atoms with van der Waals surface area (Å²) in [5, 5.41) is 5.74. The molecule has 2 N–H and O–H groups in total. The molecule has 0 atom stereocenters. The van der Waals surface area contributed by atoms with Crippen LogP contribution in [0.3, 0.4) is 0 Å². The number of carbonyl (C=O) groups excluding carboxylic acids is 2. The van der Waals surface area contributed by atoms with Crippen LogP contribution < -0.4 is 10.6 Å². The van der Waals surface area contributed by atoms with Crippen molar-refractivity contribution in [3.8, 4) is 0 Å². The second kappa shape index (κ2) is 5.61. The Bertz CT molecular complexity index is 815. The number of hydrogen-bond acceptors (Lipinski definition) is 3. The predicted octanol–water partition coefficient (Wildman–Crippen LogP) is 3.37. The van der Waals surface area contributed by atoms with Gasteiger partial charge in [0.1, 0.15) is 5.71 Å². The third-order valence-electron chi connectivity index (χ3n) is 3.15. The number of rotatable bonds is 2. The zero-order chi connectivity index (χ0) is 15.7. The molecule has 6 heteroatoms. The molecule has 0 radical (unpaired) electrons. The van der Waals surface area contributed by atoms with E-state index in [0.717, 1.165) is 11.3 Å². The molecule has 5 nitrogen and oxygen atoms in total. The van der Waals surface area contributed by atoms with Crippen LogP contribution in [0.25, 0.3) is 0 Å². The number of nitrogens with zero attached hydrogens (tertiary/aromatic N) is 1. The van der Waals surface area contributed by atoms with E-state index in [-0.39, 0.29) is 11.8 Å². The van der Waals surface area contributed by atoms with E-state index < -0.39 is 0 Å². The van der Waals surface area contributed by atoms with E-state index in [1.165, 1.54) is 6.92 Å². The summed E-state index contributed by atoms with van der Waals surface area (Å²) in [6.07, 6.45) is 0. The van der Waals surface area contributed by atoms with Crippen molar-refractivity contribution in [1.82, 2.24) is 0 Å². The summed E-state index contributed by atoms with van der Waals surface area (Å²) >= 11 is 6.11. The first-order chi connectivity index (χ1) is 10.5. The van der Waals surface area contributed by atoms with Crippen molar-refractivity contribution < 1.29 is 9.59 Å². The standard InChI is InChI=1S/C16H12ClN3O2/c1-9(21)18-14-7-6-10(8-12(14)17)19-15-11-4-2-3-5-13(11)20-16(15)22/h2-8H,1H3,(H,18,21)(H,19,20,22). The lowest BCUT2D eigenvalue weighted by molar-refractivity contribution is -0.114. The zero-order valence-electron chi connectivity index (χ0n) is 11.7. The van der Waals surface area contributed by atoms with Crippen LogP contribution in [0.2, 0.25) is 5.02 Å². The van der Waals surface area contributed by atoms with E-state index >= 15 is 0 Å². The molecule has 1 aliphatic rings. The largest absolute Gasteiger partial charge is 0.325 e. The third-order valence-corrected chi connectivity index (χ3v) is 3.46. The van der Waals surface area contributed by atoms with Crippen molar-refractivity contribution in [3.63, 3.8) is 0 Å². The van der Waals surface area contributed by atoms with Crippen molar-refractivity contribution >= 4 is 46.2 Å². The van der Waals surface area contributed by atoms with Gasteiger partial charge in [-0.25, -0.2) is 4.99 Å². The molecule has 1 aliphatic heterocycles. The fraction of sp³-hybridized carbons (Fsp3) is 0.0625. The van der Waals surface area contributed by atoms with Gasteiger partial charge in [0.05, 0.1) is 22.1 Å². The molecule has 110 valence electrons. The number of benzene rings is 2. The van der Waals surface area contributed by atoms with Crippen LogP contribution in [0.5, 0.6) is 0 Å². The topological polar surface area (TPSA) is 70.6 Å². The average Bonchev–Trinajstić information content (AvgIpc) is 2.78. The molecule has 2 aromatic rings. The molecule has 0 unspecified atom stereocenters. The van der Waals surface area contributed by atoms with Crippen molar-refractivity contribution in [1.29, 1.82) is 0 Å². The van der Waals surface area contributed by atoms with Gasteiger partial charge >= 0.3 is 0 Å². The van der Waals surface area contributed by atoms with Gasteiger partial charge in [-0.05, 0) is 24.3 Å². The summed E-state index contributed by atoms with van der Waals surface area (Å²) in [7, 11) is 0. The summed E-state index contributed by atoms with van der Waals surface area (Å²) in [6.45, 7) is 1.41. The van der Waals surface area contributed by atoms with Crippen LogP contribution >= 0.6 is 11.6 Å². The molecule has 0 spiro atoms. The highest BCUT2D eigenvalue weighted by molar-refractivity contribution is 6.54. The van der Waals surface area contributed by atoms with Gasteiger partial charge in [-0.2, -0.15) is 0 Å². The van der Waals surface area contributed by atoms with E-state index in [9.17, 15) is 9.59 Å². The van der Waals surface area contributed by atoms with Gasteiger partial charge < -0.3 is 10.6 Å². The lowest BCUT2D eigenvalue weighted by Gasteiger charge is -2.05. The van der Waals surface area contributed by atoms with E-state index in [0.29, 0.717) is 22.1 Å². The number of carbonyl (C=O) groups is 2. The minimum absolute atomic E-state index is 0.204. The van der Waals surface area contributed by atoms with Crippen molar-refractivity contribution in [2.24, 2.45) is 4.99 Å². The molecular formula is C16H12ClN3O2. The van der Waals surface area contributed by atoms with Gasteiger partial charge in [-0.3, -0.25) is 9.59 Å². The number of fused-ring (bicyclic) bond motifs is 1. The number of hydrogen-bond donors (Lipinski definition) is 2. The quantitative estimate of drug-likeness (QED) is 0.892. The van der Waals surface area contributed by atoms with E-state index in [2.05, 4.69) is 15.6 Å². The highest BCUT2D eigenvalue weighted by atomic mass is 35.5. The molecule has 0 bridgehead atoms. The number of para-hydroxylation sites is 1. The Morgan fingerprint density at radius 1 is 1.23 bits per heavy atom. The summed E-state index contributed by atoms with van der Waals surface area (Å²) < 4.78 is 0. The van der Waals surface area contributed by atoms with Gasteiger partial charge in [0.2, 0.25) is 5.91 Å². The fourth-order valence-corrected chi connectivity index (χ4v) is 2.43. The van der Waals surface area contributed by atoms with Crippen LogP contribution in [0.1, 0.15) is 12.5 Å². The summed E-state index contributed by atoms with van der Waals surface area (Å²) in [6, 6.07) is 12.3. The zero-order valence-corrected chi connectivity index (χ0v) is 12.4. The molecular weight excluding hydrogens is 302 g/mol. The molecule has 0 fully saturated rings. The van der Waals surface area contributed by atoms with Crippen molar-refractivity contribution in [2.45, 2.75) is 6.92 Å². The smallest absolute Gasteiger partial charge is 0.275 e. The third kappa shape index (κ3) is 2.71. The molecule has 0 saturated heterocycles. The Kier molecular flexibility index (Phi) is 3.65. The first-order valence-electron chi connectivity index (χ1n) is 6.61. The normalized spacial score (nSPS) is 14.6. The maximum Gasteiger partial charge on any atom is 0.275 e. The van der Waals surface area contributed by atoms with Gasteiger partial charge in [-0.1, -0.05) is 29.8 Å². The molecule has 2 amide bonds. The molecule has 22 heavy (non-hydrogen) atoms. The maximum atomic E-state index is 12.0. The number of halogens is 1. The molecule has 0 saturated carbocycles. The van der Waals surface area contributed by atoms with Crippen LogP contribution in [-0.4, -0.2) is 17.5 Å². The highest BCUT2D eigenvalue weighted by Gasteiger charge is 2.25. The van der Waals surface area contributed by atoms with E-state index in [4.69, 9.17) is 11.6 Å². The van der Waals surface area contributed by atoms with Crippen molar-refractivity contribution in [3.05, 3.63) is 53.1 Å². The molecule has 1 heterocycles. The van der Waals surface area contributed by atoms with E-state index in [1.54, 1.807) is 18.2 Å². The molecule has 2 aromatic carbocycles. The minimum Gasteiger partial charge on any atom is -0.325 e. The van der Waals surface area contributed by atoms with Crippen LogP contribution in [0, 0.1) is 0 Å². The van der Waals surface area contributed by atoms with Crippen LogP contribution in [0.4, 0.5) is 17.1 Å². The lowest BCUT2D eigenvalue weighted by atomic mass is 10.1. The Hall–Kier alpha value is -2.66. The predicted molar refractivity (Wildman–Crippen MR) is 87.0 cm³/mol. The van der Waals surface area contributed by atoms with Crippen LogP contribution in [-0.2, 0) is 9.59 Å². The highest BCUT2D eigenvalue weighted by Crippen LogP contribution is 2.29. The summed E-state index contributed by atoms with van der Waals surface area (Å²) in [5.74, 6) is -0.451. The maximum absolute atomic E-state index is 12.0. The second-order valence-corrected chi connectivity index (χ2v) is 5.21. The van der Waals surface area contributed by atoms with E-state index in [1.807, 2.05) is 24.3 Å². The van der Waals surface area contributed by atoms with Crippen molar-refractivity contribution in [2.75, 3.05) is 10.6 Å². The average molecular weight is 314 g/mol. The van der Waals surface area contributed by atoms with Gasteiger partial charge in [-0.15, -0.1) is 0 Å². The van der Waals surface area contributed by atoms with Gasteiger partial charge in [0, 0.05) is 12.5 Å². The Labute approximate surface area is 132 Å². The Balaban J connectivity index is 1.97. The molecule has 0 aromatic heterocycles. The molecule has 0 aliphatic carbocycles. The summed E-state index contributed by atoms with van der Waals surface area (Å²) in [5.41, 5.74) is 2.90. The number of anilines is 2. The monoisotopic (exact) mass is 313 g/mol. The first kappa shape index (κ1) is 14.3. The Morgan fingerprint density at radius 2 is 2.00 bits per heavy atom. The lowest BCUT2D eigenvalue weighted by Crippen LogP contribution is -2.13. The number of amides is 2. The number of nitrogens with one attached hydrogen (secondary N) is 2. The Morgan fingerprint density at radius 3 is 2.73 bits per heavy atom. The SMILES string of the molecule is CC(=O)Nc1ccc(N=C2C(=O)Nc3ccccc32)cc1Cl. The summed E-state index contributed by atoms with van der Waals surface area (Å²) in [4.78, 5) is 27.4. The van der Waals surface area contributed by atoms with Gasteiger partial charge in [0.15, 0.2) is 0 Å². The van der Waals surface area contributed by atoms with Crippen LogP contribution in [0.15, 0.2) is 47.5 Å². The molecule has 3 rings (SSSR count). The first-order valence-corrected chi connectivity index (χ1v) is 6.99. The van der Waals surface area contributed by atoms with Gasteiger partial charge in [0.25, 0.3) is 5.91 Å².